The lowest BCUT2D eigenvalue weighted by molar-refractivity contribution is -0.140. The lowest BCUT2D eigenvalue weighted by Crippen LogP contribution is -2.56. The molecule has 6 atom stereocenters. The van der Waals surface area contributed by atoms with Gasteiger partial charge in [0.2, 0.25) is 17.7 Å². The van der Waals surface area contributed by atoms with E-state index in [2.05, 4.69) is 24.5 Å². The predicted molar refractivity (Wildman–Crippen MR) is 113 cm³/mol. The monoisotopic (exact) mass is 425 g/mol. The summed E-state index contributed by atoms with van der Waals surface area (Å²) in [5.74, 6) is -0.852. The van der Waals surface area contributed by atoms with Gasteiger partial charge >= 0.3 is 0 Å². The van der Waals surface area contributed by atoms with Gasteiger partial charge in [-0.15, -0.1) is 11.8 Å². The van der Waals surface area contributed by atoms with Gasteiger partial charge in [0.1, 0.15) is 6.04 Å². The van der Waals surface area contributed by atoms with E-state index >= 15 is 0 Å². The number of likely N-dealkylation sites (tertiary alicyclic amines) is 1. The Bertz CT molecular complexity index is 645. The molecule has 3 heterocycles. The molecule has 3 aliphatic rings. The molecule has 0 saturated carbocycles. The zero-order valence-electron chi connectivity index (χ0n) is 17.8. The minimum absolute atomic E-state index is 0.0632. The van der Waals surface area contributed by atoms with E-state index in [1.807, 2.05) is 0 Å². The highest BCUT2D eigenvalue weighted by atomic mass is 32.2. The predicted octanol–water partition coefficient (Wildman–Crippen LogP) is 1.15. The van der Waals surface area contributed by atoms with E-state index in [1.165, 1.54) is 0 Å². The van der Waals surface area contributed by atoms with Gasteiger partial charge in [0.15, 0.2) is 0 Å². The molecule has 3 aliphatic heterocycles. The van der Waals surface area contributed by atoms with Crippen LogP contribution in [0.2, 0.25) is 0 Å². The molecule has 3 amide bonds. The minimum Gasteiger partial charge on any atom is -0.396 e. The molecule has 7 nitrogen and oxygen atoms in total. The van der Waals surface area contributed by atoms with Crippen LogP contribution in [-0.2, 0) is 14.4 Å². The average molecular weight is 426 g/mol. The van der Waals surface area contributed by atoms with Gasteiger partial charge in [-0.3, -0.25) is 14.4 Å². The molecule has 3 unspecified atom stereocenters. The summed E-state index contributed by atoms with van der Waals surface area (Å²) in [6, 6.07) is -0.542. The Kier molecular flexibility index (Phi) is 7.14. The number of amides is 3. The molecule has 1 spiro atoms. The van der Waals surface area contributed by atoms with Crippen molar-refractivity contribution < 1.29 is 19.5 Å². The normalized spacial score (nSPS) is 35.1. The zero-order valence-corrected chi connectivity index (χ0v) is 18.6. The maximum absolute atomic E-state index is 13.5. The highest BCUT2D eigenvalue weighted by Gasteiger charge is 2.75. The Morgan fingerprint density at radius 3 is 2.66 bits per heavy atom. The third-order valence-corrected chi connectivity index (χ3v) is 9.01. The lowest BCUT2D eigenvalue weighted by atomic mass is 9.66. The van der Waals surface area contributed by atoms with Crippen LogP contribution in [0.3, 0.4) is 0 Å². The van der Waals surface area contributed by atoms with E-state index in [4.69, 9.17) is 5.11 Å². The van der Waals surface area contributed by atoms with Crippen LogP contribution in [0.4, 0.5) is 0 Å². The number of nitrogens with one attached hydrogen (secondary N) is 2. The van der Waals surface area contributed by atoms with Crippen molar-refractivity contribution in [1.29, 1.82) is 0 Å². The first-order valence-electron chi connectivity index (χ1n) is 11.0. The molecular weight excluding hydrogens is 390 g/mol. The molecule has 8 heteroatoms. The maximum Gasteiger partial charge on any atom is 0.244 e. The van der Waals surface area contributed by atoms with Crippen LogP contribution < -0.4 is 10.6 Å². The molecule has 3 fully saturated rings. The van der Waals surface area contributed by atoms with E-state index in [0.29, 0.717) is 25.9 Å². The van der Waals surface area contributed by atoms with Gasteiger partial charge < -0.3 is 20.6 Å². The van der Waals surface area contributed by atoms with Crippen molar-refractivity contribution in [1.82, 2.24) is 15.5 Å². The molecule has 29 heavy (non-hydrogen) atoms. The molecule has 0 aliphatic carbocycles. The van der Waals surface area contributed by atoms with Crippen LogP contribution in [0.1, 0.15) is 52.4 Å². The number of carbonyl (C=O) groups is 3. The second-order valence-corrected chi connectivity index (χ2v) is 10.2. The molecule has 164 valence electrons. The molecule has 0 aromatic carbocycles. The number of hydrogen-bond acceptors (Lipinski definition) is 5. The van der Waals surface area contributed by atoms with Crippen LogP contribution in [-0.4, -0.2) is 70.5 Å². The van der Waals surface area contributed by atoms with Gasteiger partial charge in [-0.25, -0.2) is 0 Å². The number of unbranched alkanes of at least 4 members (excludes halogenated alkanes) is 3. The van der Waals surface area contributed by atoms with E-state index < -0.39 is 16.7 Å². The molecule has 3 N–H and O–H groups in total. The molecule has 3 saturated heterocycles. The first-order chi connectivity index (χ1) is 13.9. The topological polar surface area (TPSA) is 98.7 Å². The van der Waals surface area contributed by atoms with Gasteiger partial charge in [-0.05, 0) is 31.6 Å². The molecule has 2 bridgehead atoms. The summed E-state index contributed by atoms with van der Waals surface area (Å²) >= 11 is 1.70. The SMILES string of the molecule is CCCCCNC(=O)C1N(CCCCO)C(=O)[C@@H]2[C@H](C(=O)NC)[C@@H]3CC(C)C12S3. The van der Waals surface area contributed by atoms with Crippen molar-refractivity contribution in [2.45, 2.75) is 68.4 Å². The van der Waals surface area contributed by atoms with Crippen LogP contribution in [0, 0.1) is 17.8 Å². The Morgan fingerprint density at radius 2 is 2.00 bits per heavy atom. The highest BCUT2D eigenvalue weighted by molar-refractivity contribution is 8.02. The minimum atomic E-state index is -0.542. The van der Waals surface area contributed by atoms with Gasteiger partial charge in [0.25, 0.3) is 0 Å². The quantitative estimate of drug-likeness (QED) is 0.456. The molecular formula is C21H35N3O4S. The molecule has 3 rings (SSSR count). The van der Waals surface area contributed by atoms with Gasteiger partial charge in [0.05, 0.1) is 16.6 Å². The van der Waals surface area contributed by atoms with Crippen LogP contribution in [0.5, 0.6) is 0 Å². The van der Waals surface area contributed by atoms with E-state index in [9.17, 15) is 14.4 Å². The molecule has 0 radical (unpaired) electrons. The smallest absolute Gasteiger partial charge is 0.244 e. The van der Waals surface area contributed by atoms with Crippen molar-refractivity contribution in [3.63, 3.8) is 0 Å². The molecule has 0 aromatic heterocycles. The van der Waals surface area contributed by atoms with Crippen molar-refractivity contribution in [2.75, 3.05) is 26.7 Å². The maximum atomic E-state index is 13.5. The first-order valence-corrected chi connectivity index (χ1v) is 11.9. The number of rotatable bonds is 10. The fraction of sp³-hybridized carbons (Fsp3) is 0.857. The van der Waals surface area contributed by atoms with Crippen molar-refractivity contribution in [3.8, 4) is 0 Å². The lowest BCUT2D eigenvalue weighted by Gasteiger charge is -2.38. The van der Waals surface area contributed by atoms with Crippen LogP contribution in [0.25, 0.3) is 0 Å². The number of fused-ring (bicyclic) bond motifs is 1. The van der Waals surface area contributed by atoms with E-state index in [1.54, 1.807) is 23.7 Å². The third kappa shape index (κ3) is 3.67. The second kappa shape index (κ2) is 9.25. The number of nitrogens with zero attached hydrogens (tertiary/aromatic N) is 1. The fourth-order valence-electron chi connectivity index (χ4n) is 5.60. The highest BCUT2D eigenvalue weighted by Crippen LogP contribution is 2.68. The van der Waals surface area contributed by atoms with Crippen molar-refractivity contribution in [3.05, 3.63) is 0 Å². The van der Waals surface area contributed by atoms with Gasteiger partial charge in [0, 0.05) is 32.0 Å². The molecule has 0 aromatic rings. The largest absolute Gasteiger partial charge is 0.396 e. The number of hydrogen-bond donors (Lipinski definition) is 3. The number of aliphatic hydroxyl groups excluding tert-OH is 1. The number of thioether (sulfide) groups is 1. The van der Waals surface area contributed by atoms with E-state index in [0.717, 1.165) is 25.7 Å². The summed E-state index contributed by atoms with van der Waals surface area (Å²) in [5.41, 5.74) is 0. The van der Waals surface area contributed by atoms with Crippen molar-refractivity contribution >= 4 is 29.5 Å². The Balaban J connectivity index is 1.90. The fourth-order valence-corrected chi connectivity index (χ4v) is 8.03. The van der Waals surface area contributed by atoms with Crippen LogP contribution in [0.15, 0.2) is 0 Å². The Morgan fingerprint density at radius 1 is 1.24 bits per heavy atom. The first kappa shape index (κ1) is 22.4. The summed E-state index contributed by atoms with van der Waals surface area (Å²) in [6.45, 7) is 5.38. The number of aliphatic hydroxyl groups is 1. The van der Waals surface area contributed by atoms with Crippen LogP contribution >= 0.6 is 11.8 Å². The average Bonchev–Trinajstić information content (AvgIpc) is 3.29. The number of carbonyl (C=O) groups excluding carboxylic acids is 3. The summed E-state index contributed by atoms with van der Waals surface area (Å²) in [7, 11) is 1.62. The Hall–Kier alpha value is -1.28. The summed E-state index contributed by atoms with van der Waals surface area (Å²) in [4.78, 5) is 41.2. The summed E-state index contributed by atoms with van der Waals surface area (Å²) in [5, 5.41) is 15.1. The summed E-state index contributed by atoms with van der Waals surface area (Å²) < 4.78 is -0.535. The van der Waals surface area contributed by atoms with Gasteiger partial charge in [-0.2, -0.15) is 0 Å². The summed E-state index contributed by atoms with van der Waals surface area (Å²) in [6.07, 6.45) is 5.17. The van der Waals surface area contributed by atoms with Gasteiger partial charge in [-0.1, -0.05) is 26.7 Å². The zero-order chi connectivity index (χ0) is 21.2. The standard InChI is InChI=1S/C21H35N3O4S/c1-4-5-6-9-23-19(27)17-21-13(2)12-14(29-21)15(18(26)22-3)16(21)20(28)24(17)10-7-8-11-25/h13-17,25H,4-12H2,1-3H3,(H,22,26)(H,23,27)/t13?,14-,15+,16-,17?,21?/m0/s1. The third-order valence-electron chi connectivity index (χ3n) is 6.93. The van der Waals surface area contributed by atoms with Crippen molar-refractivity contribution in [2.24, 2.45) is 17.8 Å². The van der Waals surface area contributed by atoms with E-state index in [-0.39, 0.29) is 41.4 Å². The second-order valence-electron chi connectivity index (χ2n) is 8.63. The Labute approximate surface area is 177 Å².